The second-order valence-electron chi connectivity index (χ2n) is 11.7. The minimum atomic E-state index is -1.61. The van der Waals surface area contributed by atoms with Crippen molar-refractivity contribution in [3.8, 4) is 0 Å². The monoisotopic (exact) mass is 618 g/mol. The number of amides is 2. The summed E-state index contributed by atoms with van der Waals surface area (Å²) in [5, 5.41) is -0.695. The Morgan fingerprint density at radius 3 is 1.67 bits per heavy atom. The largest absolute Gasteiger partial charge is 0.455 e. The number of piperazine rings is 1. The van der Waals surface area contributed by atoms with E-state index in [1.54, 1.807) is 12.2 Å². The fraction of sp³-hybridized carbons (Fsp3) is 0.643. The van der Waals surface area contributed by atoms with Crippen LogP contribution in [0.4, 0.5) is 0 Å². The van der Waals surface area contributed by atoms with Gasteiger partial charge >= 0.3 is 11.9 Å². The van der Waals surface area contributed by atoms with E-state index >= 15 is 0 Å². The van der Waals surface area contributed by atoms with E-state index in [2.05, 4.69) is 0 Å². The van der Waals surface area contributed by atoms with Crippen LogP contribution < -0.4 is 0 Å². The van der Waals surface area contributed by atoms with Crippen molar-refractivity contribution in [2.45, 2.75) is 112 Å². The molecule has 0 N–H and O–H groups in total. The standard InChI is InChI=1S/C28H30N2O10S2/c1-5-6-18(34)38-17-8-15-10-28(42-13(4)33)26(36)29-19-14(7-16(37-11(2)31)21-23(19)39-21)9-27(29,41-12(3)32)25(35)30(28)20(15)24-22(17)40-24/h7-8,16-17,19-24H,5-6,9-10H2,1-4H3/t16-,17-,19-,20-,21-,22-,23+,24+,27+,28+/m0/s1. The van der Waals surface area contributed by atoms with Crippen molar-refractivity contribution < 1.29 is 47.7 Å². The number of fused-ring (bicyclic) bond motifs is 10. The summed E-state index contributed by atoms with van der Waals surface area (Å²) in [5.41, 5.74) is 1.37. The number of nitrogens with zero attached hydrogens (tertiary/aromatic N) is 2. The second-order valence-corrected chi connectivity index (χ2v) is 14.7. The molecule has 2 aliphatic carbocycles. The molecule has 5 aliphatic heterocycles. The quantitative estimate of drug-likeness (QED) is 0.239. The van der Waals surface area contributed by atoms with Gasteiger partial charge in [-0.15, -0.1) is 0 Å². The van der Waals surface area contributed by atoms with Crippen LogP contribution in [0, 0.1) is 0 Å². The molecule has 12 nitrogen and oxygen atoms in total. The first-order chi connectivity index (χ1) is 19.9. The molecular weight excluding hydrogens is 588 g/mol. The van der Waals surface area contributed by atoms with Crippen LogP contribution in [0.3, 0.4) is 0 Å². The number of carbonyl (C=O) groups excluding carboxylic acids is 6. The third-order valence-corrected chi connectivity index (χ3v) is 11.2. The van der Waals surface area contributed by atoms with Crippen molar-refractivity contribution in [1.82, 2.24) is 9.80 Å². The van der Waals surface area contributed by atoms with Crippen molar-refractivity contribution in [3.63, 3.8) is 0 Å². The smallest absolute Gasteiger partial charge is 0.306 e. The minimum Gasteiger partial charge on any atom is -0.455 e. The highest BCUT2D eigenvalue weighted by atomic mass is 32.2. The first-order valence-electron chi connectivity index (χ1n) is 14.1. The zero-order valence-electron chi connectivity index (χ0n) is 23.4. The molecule has 7 rings (SSSR count). The second kappa shape index (κ2) is 9.41. The van der Waals surface area contributed by atoms with Crippen molar-refractivity contribution in [3.05, 3.63) is 23.3 Å². The van der Waals surface area contributed by atoms with Gasteiger partial charge in [-0.05, 0) is 53.2 Å². The SMILES string of the molecule is CCCC(=O)O[C@H]1C=C2C[C@@]3(SC(C)=O)C(=O)N4[C@H]5C(=C[C@H](OC(C)=O)[C@@H]6O[C@@H]65)C[C@@]4(SC(C)=O)C(=O)N3[C@@H]2[C@H]2O[C@H]21. The molecule has 5 saturated heterocycles. The first kappa shape index (κ1) is 28.1. The van der Waals surface area contributed by atoms with Crippen LogP contribution in [-0.2, 0) is 47.7 Å². The van der Waals surface area contributed by atoms with Gasteiger partial charge in [0, 0.05) is 40.0 Å². The summed E-state index contributed by atoms with van der Waals surface area (Å²) in [4.78, 5) is 78.9. The van der Waals surface area contributed by atoms with Gasteiger partial charge in [0.05, 0.1) is 12.1 Å². The summed E-state index contributed by atoms with van der Waals surface area (Å²) in [6.07, 6.45) is 1.17. The highest BCUT2D eigenvalue weighted by Gasteiger charge is 2.78. The summed E-state index contributed by atoms with van der Waals surface area (Å²) in [6, 6.07) is -1.30. The fourth-order valence-corrected chi connectivity index (χ4v) is 9.91. The Balaban J connectivity index is 1.33. The maximum Gasteiger partial charge on any atom is 0.306 e. The maximum atomic E-state index is 14.9. The van der Waals surface area contributed by atoms with Crippen LogP contribution in [0.5, 0.6) is 0 Å². The van der Waals surface area contributed by atoms with E-state index in [4.69, 9.17) is 18.9 Å². The highest BCUT2D eigenvalue weighted by molar-refractivity contribution is 8.16. The maximum absolute atomic E-state index is 14.9. The third-order valence-electron chi connectivity index (χ3n) is 8.89. The molecular formula is C28H30N2O10S2. The van der Waals surface area contributed by atoms with E-state index in [-0.39, 0.29) is 35.5 Å². The van der Waals surface area contributed by atoms with Gasteiger partial charge in [-0.3, -0.25) is 28.8 Å². The van der Waals surface area contributed by atoms with Crippen molar-refractivity contribution in [1.29, 1.82) is 0 Å². The molecule has 10 atom stereocenters. The number of hydrogen-bond donors (Lipinski definition) is 0. The molecule has 0 unspecified atom stereocenters. The Kier molecular flexibility index (Phi) is 6.30. The third kappa shape index (κ3) is 3.90. The molecule has 224 valence electrons. The Morgan fingerprint density at radius 2 is 1.26 bits per heavy atom. The van der Waals surface area contributed by atoms with Crippen LogP contribution in [-0.4, -0.2) is 102 Å². The van der Waals surface area contributed by atoms with Gasteiger partial charge in [0.15, 0.2) is 20.0 Å². The van der Waals surface area contributed by atoms with Gasteiger partial charge in [0.25, 0.3) is 11.8 Å². The number of ether oxygens (including phenoxy) is 4. The Bertz CT molecular complexity index is 1410. The molecule has 0 radical (unpaired) electrons. The summed E-state index contributed by atoms with van der Waals surface area (Å²) in [5.74, 6) is -1.76. The average Bonchev–Trinajstić information content (AvgIpc) is 3.79. The van der Waals surface area contributed by atoms with Gasteiger partial charge < -0.3 is 28.7 Å². The summed E-state index contributed by atoms with van der Waals surface area (Å²) in [7, 11) is 0. The van der Waals surface area contributed by atoms with E-state index in [0.29, 0.717) is 17.6 Å². The normalized spacial score (nSPS) is 41.7. The highest BCUT2D eigenvalue weighted by Crippen LogP contribution is 2.63. The van der Waals surface area contributed by atoms with Crippen molar-refractivity contribution in [2.24, 2.45) is 0 Å². The lowest BCUT2D eigenvalue weighted by Gasteiger charge is -2.53. The number of carbonyl (C=O) groups is 6. The summed E-state index contributed by atoms with van der Waals surface area (Å²) < 4.78 is 23.0. The molecule has 0 aromatic heterocycles. The zero-order chi connectivity index (χ0) is 29.9. The number of esters is 2. The van der Waals surface area contributed by atoms with Crippen LogP contribution in [0.1, 0.15) is 53.4 Å². The Morgan fingerprint density at radius 1 is 0.810 bits per heavy atom. The van der Waals surface area contributed by atoms with Gasteiger partial charge in [0.1, 0.15) is 36.6 Å². The van der Waals surface area contributed by atoms with Crippen LogP contribution in [0.25, 0.3) is 0 Å². The van der Waals surface area contributed by atoms with E-state index in [9.17, 15) is 28.8 Å². The molecule has 0 aromatic carbocycles. The minimum absolute atomic E-state index is 0.0477. The predicted octanol–water partition coefficient (Wildman–Crippen LogP) is 1.21. The molecule has 14 heteroatoms. The fourth-order valence-electron chi connectivity index (χ4n) is 7.52. The van der Waals surface area contributed by atoms with Crippen LogP contribution >= 0.6 is 23.5 Å². The van der Waals surface area contributed by atoms with Gasteiger partial charge in [-0.1, -0.05) is 6.92 Å². The lowest BCUT2D eigenvalue weighted by Crippen LogP contribution is -2.74. The van der Waals surface area contributed by atoms with Crippen molar-refractivity contribution in [2.75, 3.05) is 0 Å². The van der Waals surface area contributed by atoms with Crippen molar-refractivity contribution >= 4 is 57.5 Å². The van der Waals surface area contributed by atoms with Gasteiger partial charge in [0.2, 0.25) is 0 Å². The molecule has 7 aliphatic rings. The number of hydrogen-bond acceptors (Lipinski definition) is 12. The average molecular weight is 619 g/mol. The molecule has 0 spiro atoms. The number of epoxide rings is 2. The summed E-state index contributed by atoms with van der Waals surface area (Å²) >= 11 is 1.58. The number of thioether (sulfide) groups is 2. The van der Waals surface area contributed by atoms with Crippen LogP contribution in [0.2, 0.25) is 0 Å². The number of rotatable bonds is 6. The molecule has 5 fully saturated rings. The molecule has 0 aromatic rings. The first-order valence-corrected chi connectivity index (χ1v) is 15.7. The summed E-state index contributed by atoms with van der Waals surface area (Å²) in [6.45, 7) is 5.88. The van der Waals surface area contributed by atoms with Crippen LogP contribution in [0.15, 0.2) is 23.3 Å². The topological polar surface area (TPSA) is 152 Å². The molecule has 2 amide bonds. The molecule has 42 heavy (non-hydrogen) atoms. The lowest BCUT2D eigenvalue weighted by molar-refractivity contribution is -0.166. The van der Waals surface area contributed by atoms with E-state index in [0.717, 1.165) is 23.5 Å². The zero-order valence-corrected chi connectivity index (χ0v) is 25.0. The van der Waals surface area contributed by atoms with E-state index in [1.807, 2.05) is 6.92 Å². The molecule has 0 saturated carbocycles. The lowest BCUT2D eigenvalue weighted by atomic mass is 9.91. The predicted molar refractivity (Wildman–Crippen MR) is 146 cm³/mol. The van der Waals surface area contributed by atoms with E-state index in [1.165, 1.54) is 30.6 Å². The molecule has 5 heterocycles. The molecule has 0 bridgehead atoms. The Hall–Kier alpha value is -2.68. The van der Waals surface area contributed by atoms with Gasteiger partial charge in [-0.25, -0.2) is 0 Å². The Labute approximate surface area is 249 Å². The van der Waals surface area contributed by atoms with Gasteiger partial charge in [-0.2, -0.15) is 0 Å². The van der Waals surface area contributed by atoms with E-state index < -0.39 is 76.2 Å².